The quantitative estimate of drug-likeness (QED) is 0.645. The van der Waals surface area contributed by atoms with Crippen LogP contribution in [-0.2, 0) is 26.6 Å². The summed E-state index contributed by atoms with van der Waals surface area (Å²) in [6, 6.07) is 10.1. The van der Waals surface area contributed by atoms with Crippen molar-refractivity contribution in [3.63, 3.8) is 0 Å². The van der Waals surface area contributed by atoms with Gasteiger partial charge >= 0.3 is 0 Å². The topological polar surface area (TPSA) is 74.1 Å². The molecule has 3 unspecified atom stereocenters. The number of rotatable bonds is 5. The first-order valence-corrected chi connectivity index (χ1v) is 9.40. The molecule has 2 aliphatic rings. The van der Waals surface area contributed by atoms with Crippen LogP contribution in [-0.4, -0.2) is 38.4 Å². The number of aromatic nitrogens is 4. The molecule has 2 aromatic heterocycles. The summed E-state index contributed by atoms with van der Waals surface area (Å²) >= 11 is 0. The fourth-order valence-electron chi connectivity index (χ4n) is 3.40. The zero-order chi connectivity index (χ0) is 18.9. The molecule has 1 aromatic carbocycles. The molecule has 2 aliphatic heterocycles. The number of benzene rings is 1. The van der Waals surface area contributed by atoms with Crippen LogP contribution < -0.4 is 0 Å². The fourth-order valence-corrected chi connectivity index (χ4v) is 3.40. The third-order valence-corrected chi connectivity index (χ3v) is 4.65. The first-order valence-electron chi connectivity index (χ1n) is 9.40. The van der Waals surface area contributed by atoms with Gasteiger partial charge in [-0.1, -0.05) is 44.2 Å². The molecule has 27 heavy (non-hydrogen) atoms. The van der Waals surface area contributed by atoms with Gasteiger partial charge in [-0.15, -0.1) is 0 Å². The lowest BCUT2D eigenvalue weighted by molar-refractivity contribution is -0.117. The van der Waals surface area contributed by atoms with Gasteiger partial charge in [0.2, 0.25) is 5.79 Å². The second-order valence-corrected chi connectivity index (χ2v) is 6.47. The summed E-state index contributed by atoms with van der Waals surface area (Å²) in [4.78, 5) is 8.52. The molecule has 0 radical (unpaired) electrons. The molecule has 0 saturated carbocycles. The third kappa shape index (κ3) is 3.34. The number of ether oxygens (including phenoxy) is 3. The highest BCUT2D eigenvalue weighted by molar-refractivity contribution is 5.38. The van der Waals surface area contributed by atoms with E-state index < -0.39 is 5.79 Å². The van der Waals surface area contributed by atoms with Crippen LogP contribution in [0.4, 0.5) is 0 Å². The monoisotopic (exact) mass is 368 g/mol. The van der Waals surface area contributed by atoms with E-state index in [1.807, 2.05) is 39.0 Å². The number of fused-ring (bicyclic) bond motifs is 2. The highest BCUT2D eigenvalue weighted by Gasteiger charge is 2.67. The zero-order valence-corrected chi connectivity index (χ0v) is 15.8. The summed E-state index contributed by atoms with van der Waals surface area (Å²) in [6.07, 6.45) is 4.32. The first-order chi connectivity index (χ1) is 13.2. The van der Waals surface area contributed by atoms with Crippen molar-refractivity contribution in [1.29, 1.82) is 0 Å². The minimum absolute atomic E-state index is 0.0101. The third-order valence-electron chi connectivity index (χ3n) is 4.65. The smallest absolute Gasteiger partial charge is 0.242 e. The lowest BCUT2D eigenvalue weighted by Crippen LogP contribution is -2.23. The first kappa shape index (κ1) is 18.0. The van der Waals surface area contributed by atoms with Crippen LogP contribution in [0, 0.1) is 6.92 Å². The normalized spacial score (nSPS) is 25.7. The second kappa shape index (κ2) is 7.34. The molecule has 0 aliphatic carbocycles. The highest BCUT2D eigenvalue weighted by atomic mass is 16.8. The van der Waals surface area contributed by atoms with Gasteiger partial charge in [-0.25, -0.2) is 14.5 Å². The van der Waals surface area contributed by atoms with E-state index in [0.717, 1.165) is 17.7 Å². The van der Waals surface area contributed by atoms with Crippen LogP contribution in [0.25, 0.3) is 5.65 Å². The molecule has 3 aromatic rings. The van der Waals surface area contributed by atoms with Gasteiger partial charge in [-0.05, 0) is 12.5 Å². The molecule has 142 valence electrons. The van der Waals surface area contributed by atoms with E-state index >= 15 is 0 Å². The number of aryl methyl sites for hydroxylation is 1. The number of epoxide rings is 1. The Morgan fingerprint density at radius 2 is 1.96 bits per heavy atom. The molecular weight excluding hydrogens is 344 g/mol. The molecule has 0 bridgehead atoms. The molecule has 4 heterocycles. The maximum atomic E-state index is 6.18. The average molecular weight is 368 g/mol. The van der Waals surface area contributed by atoms with Gasteiger partial charge in [0, 0.05) is 6.42 Å². The van der Waals surface area contributed by atoms with Gasteiger partial charge in [0.1, 0.15) is 17.6 Å². The SMILES string of the molecule is CC.Cc1ncc2ncc(C34OC(COCc5ccccc5)CC3O4)n2n1. The van der Waals surface area contributed by atoms with E-state index in [2.05, 4.69) is 27.2 Å². The van der Waals surface area contributed by atoms with E-state index in [1.54, 1.807) is 16.9 Å². The lowest BCUT2D eigenvalue weighted by atomic mass is 10.1. The Labute approximate surface area is 158 Å². The number of imidazole rings is 1. The minimum Gasteiger partial charge on any atom is -0.374 e. The molecule has 7 heteroatoms. The van der Waals surface area contributed by atoms with Crippen molar-refractivity contribution in [2.75, 3.05) is 6.61 Å². The van der Waals surface area contributed by atoms with Gasteiger partial charge < -0.3 is 14.2 Å². The molecular formula is C20H24N4O3. The van der Waals surface area contributed by atoms with Crippen LogP contribution in [0.15, 0.2) is 42.7 Å². The molecule has 3 atom stereocenters. The van der Waals surface area contributed by atoms with Crippen LogP contribution in [0.3, 0.4) is 0 Å². The molecule has 5 rings (SSSR count). The molecule has 2 fully saturated rings. The predicted molar refractivity (Wildman–Crippen MR) is 99.0 cm³/mol. The fraction of sp³-hybridized carbons (Fsp3) is 0.450. The van der Waals surface area contributed by atoms with Gasteiger partial charge in [-0.3, -0.25) is 0 Å². The average Bonchev–Trinajstić information content (AvgIpc) is 3.05. The van der Waals surface area contributed by atoms with Crippen molar-refractivity contribution in [1.82, 2.24) is 19.6 Å². The Balaban J connectivity index is 0.000000872. The Bertz CT molecular complexity index is 914. The van der Waals surface area contributed by atoms with Crippen molar-refractivity contribution in [3.8, 4) is 0 Å². The van der Waals surface area contributed by atoms with Crippen LogP contribution >= 0.6 is 0 Å². The maximum absolute atomic E-state index is 6.18. The van der Waals surface area contributed by atoms with Gasteiger partial charge in [0.25, 0.3) is 0 Å². The molecule has 0 spiro atoms. The Morgan fingerprint density at radius 1 is 1.15 bits per heavy atom. The largest absolute Gasteiger partial charge is 0.374 e. The lowest BCUT2D eigenvalue weighted by Gasteiger charge is -2.16. The Kier molecular flexibility index (Phi) is 4.90. The molecule has 7 nitrogen and oxygen atoms in total. The summed E-state index contributed by atoms with van der Waals surface area (Å²) in [5.41, 5.74) is 2.67. The van der Waals surface area contributed by atoms with E-state index in [-0.39, 0.29) is 12.2 Å². The Hall–Kier alpha value is -2.35. The number of hydrogen-bond acceptors (Lipinski definition) is 6. The predicted octanol–water partition coefficient (Wildman–Crippen LogP) is 3.02. The maximum Gasteiger partial charge on any atom is 0.242 e. The second-order valence-electron chi connectivity index (χ2n) is 6.47. The minimum atomic E-state index is -0.735. The summed E-state index contributed by atoms with van der Waals surface area (Å²) in [5, 5.41) is 4.43. The van der Waals surface area contributed by atoms with Crippen LogP contribution in [0.5, 0.6) is 0 Å². The highest BCUT2D eigenvalue weighted by Crippen LogP contribution is 2.55. The standard InChI is InChI=1S/C18H18N4O3.C2H6/c1-12-19-9-17-20-8-15(22(17)21-12)18-16(25-18)7-14(24-18)11-23-10-13-5-3-2-4-6-13;1-2/h2-6,8-9,14,16H,7,10-11H2,1H3;1-2H3. The van der Waals surface area contributed by atoms with Gasteiger partial charge in [0.05, 0.1) is 31.7 Å². The summed E-state index contributed by atoms with van der Waals surface area (Å²) in [5.74, 6) is -0.0536. The van der Waals surface area contributed by atoms with Crippen LogP contribution in [0.1, 0.15) is 37.4 Å². The van der Waals surface area contributed by atoms with E-state index in [0.29, 0.717) is 24.7 Å². The van der Waals surface area contributed by atoms with E-state index in [4.69, 9.17) is 14.2 Å². The molecule has 0 N–H and O–H groups in total. The van der Waals surface area contributed by atoms with Crippen molar-refractivity contribution in [2.24, 2.45) is 0 Å². The van der Waals surface area contributed by atoms with E-state index in [1.165, 1.54) is 0 Å². The van der Waals surface area contributed by atoms with Crippen molar-refractivity contribution in [3.05, 3.63) is 59.8 Å². The van der Waals surface area contributed by atoms with Crippen molar-refractivity contribution in [2.45, 2.75) is 51.8 Å². The van der Waals surface area contributed by atoms with E-state index in [9.17, 15) is 0 Å². The van der Waals surface area contributed by atoms with Gasteiger partial charge in [0.15, 0.2) is 5.65 Å². The molecule has 2 saturated heterocycles. The summed E-state index contributed by atoms with van der Waals surface area (Å²) < 4.78 is 19.6. The van der Waals surface area contributed by atoms with Gasteiger partial charge in [-0.2, -0.15) is 5.10 Å². The van der Waals surface area contributed by atoms with Crippen LogP contribution in [0.2, 0.25) is 0 Å². The number of hydrogen-bond donors (Lipinski definition) is 0. The van der Waals surface area contributed by atoms with Crippen molar-refractivity contribution >= 4 is 5.65 Å². The number of nitrogens with zero attached hydrogens (tertiary/aromatic N) is 4. The summed E-state index contributed by atoms with van der Waals surface area (Å²) in [7, 11) is 0. The van der Waals surface area contributed by atoms with Crippen molar-refractivity contribution < 1.29 is 14.2 Å². The zero-order valence-electron chi connectivity index (χ0n) is 15.8. The Morgan fingerprint density at radius 3 is 2.78 bits per heavy atom. The molecule has 0 amide bonds. The summed E-state index contributed by atoms with van der Waals surface area (Å²) in [6.45, 7) is 6.98.